The lowest BCUT2D eigenvalue weighted by molar-refractivity contribution is -0.113. The second-order valence-corrected chi connectivity index (χ2v) is 6.44. The number of anilines is 1. The third-order valence-electron chi connectivity index (χ3n) is 2.90. The number of carbonyl (C=O) groups excluding carboxylic acids is 1. The Morgan fingerprint density at radius 1 is 1.38 bits per heavy atom. The summed E-state index contributed by atoms with van der Waals surface area (Å²) < 4.78 is 0. The van der Waals surface area contributed by atoms with Crippen molar-refractivity contribution in [2.24, 2.45) is 5.73 Å². The number of nitrogens with zero attached hydrogens (tertiary/aromatic N) is 1. The number of nitrogens with one attached hydrogen (secondary N) is 1. The first kappa shape index (κ1) is 16.0. The highest BCUT2D eigenvalue weighted by atomic mass is 32.2. The number of aryl methyl sites for hydroxylation is 1. The third kappa shape index (κ3) is 4.84. The molecule has 0 aliphatic carbocycles. The van der Waals surface area contributed by atoms with E-state index in [-0.39, 0.29) is 5.91 Å². The number of thiazole rings is 1. The van der Waals surface area contributed by atoms with Crippen LogP contribution in [0.4, 0.5) is 5.13 Å². The molecule has 0 aliphatic rings. The van der Waals surface area contributed by atoms with Gasteiger partial charge in [0.1, 0.15) is 0 Å². The molecule has 0 spiro atoms. The summed E-state index contributed by atoms with van der Waals surface area (Å²) in [6.45, 7) is 2.72. The molecule has 0 saturated carbocycles. The lowest BCUT2D eigenvalue weighted by atomic mass is 10.1. The topological polar surface area (TPSA) is 68.0 Å². The number of aromatic nitrogens is 1. The van der Waals surface area contributed by atoms with Crippen molar-refractivity contribution in [3.8, 4) is 11.3 Å². The van der Waals surface area contributed by atoms with Crippen molar-refractivity contribution < 1.29 is 4.79 Å². The summed E-state index contributed by atoms with van der Waals surface area (Å²) in [5.41, 5.74) is 8.66. The Morgan fingerprint density at radius 3 is 2.81 bits per heavy atom. The Bertz CT molecular complexity index is 581. The van der Waals surface area contributed by atoms with Crippen LogP contribution in [0.15, 0.2) is 29.6 Å². The van der Waals surface area contributed by atoms with Crippen LogP contribution in [-0.4, -0.2) is 28.9 Å². The van der Waals surface area contributed by atoms with Crippen LogP contribution in [0.2, 0.25) is 0 Å². The molecule has 0 saturated heterocycles. The van der Waals surface area contributed by atoms with Crippen LogP contribution in [0.5, 0.6) is 0 Å². The van der Waals surface area contributed by atoms with Gasteiger partial charge in [0.05, 0.1) is 11.4 Å². The van der Waals surface area contributed by atoms with Gasteiger partial charge in [0.25, 0.3) is 0 Å². The highest BCUT2D eigenvalue weighted by Crippen LogP contribution is 2.25. The predicted octanol–water partition coefficient (Wildman–Crippen LogP) is 3.00. The summed E-state index contributed by atoms with van der Waals surface area (Å²) in [6.07, 6.45) is 1.03. The van der Waals surface area contributed by atoms with Gasteiger partial charge in [0.15, 0.2) is 5.13 Å². The van der Waals surface area contributed by atoms with Crippen LogP contribution in [0.3, 0.4) is 0 Å². The summed E-state index contributed by atoms with van der Waals surface area (Å²) in [6, 6.07) is 8.35. The Balaban J connectivity index is 1.95. The summed E-state index contributed by atoms with van der Waals surface area (Å²) in [7, 11) is 0. The van der Waals surface area contributed by atoms with Crippen molar-refractivity contribution in [2.75, 3.05) is 23.4 Å². The minimum Gasteiger partial charge on any atom is -0.330 e. The number of carbonyl (C=O) groups is 1. The fourth-order valence-corrected chi connectivity index (χ4v) is 3.08. The molecule has 6 heteroatoms. The molecule has 0 fully saturated rings. The molecular formula is C15H19N3OS2. The number of nitrogens with two attached hydrogens (primary N) is 1. The van der Waals surface area contributed by atoms with Gasteiger partial charge in [-0.25, -0.2) is 4.98 Å². The van der Waals surface area contributed by atoms with Crippen molar-refractivity contribution in [3.05, 3.63) is 35.2 Å². The van der Waals surface area contributed by atoms with E-state index < -0.39 is 0 Å². The molecule has 0 aliphatic heterocycles. The first-order valence-corrected chi connectivity index (χ1v) is 8.89. The van der Waals surface area contributed by atoms with Gasteiger partial charge in [-0.05, 0) is 12.0 Å². The number of thioether (sulfide) groups is 1. The number of hydrogen-bond acceptors (Lipinski definition) is 5. The predicted molar refractivity (Wildman–Crippen MR) is 91.9 cm³/mol. The Labute approximate surface area is 133 Å². The van der Waals surface area contributed by atoms with Gasteiger partial charge >= 0.3 is 0 Å². The van der Waals surface area contributed by atoms with Crippen molar-refractivity contribution in [3.63, 3.8) is 0 Å². The highest BCUT2D eigenvalue weighted by Gasteiger charge is 2.08. The molecule has 112 valence electrons. The zero-order valence-corrected chi connectivity index (χ0v) is 13.6. The van der Waals surface area contributed by atoms with E-state index in [1.54, 1.807) is 0 Å². The first-order valence-electron chi connectivity index (χ1n) is 6.85. The number of amides is 1. The number of rotatable bonds is 7. The van der Waals surface area contributed by atoms with Gasteiger partial charge in [-0.1, -0.05) is 31.2 Å². The van der Waals surface area contributed by atoms with Crippen molar-refractivity contribution in [2.45, 2.75) is 13.3 Å². The van der Waals surface area contributed by atoms with Crippen LogP contribution in [0.25, 0.3) is 11.3 Å². The monoisotopic (exact) mass is 321 g/mol. The summed E-state index contributed by atoms with van der Waals surface area (Å²) >= 11 is 2.97. The van der Waals surface area contributed by atoms with E-state index in [1.807, 2.05) is 5.38 Å². The second kappa shape index (κ2) is 8.17. The van der Waals surface area contributed by atoms with Crippen LogP contribution in [0, 0.1) is 0 Å². The molecule has 0 radical (unpaired) electrons. The van der Waals surface area contributed by atoms with Crippen molar-refractivity contribution in [1.82, 2.24) is 4.98 Å². The minimum atomic E-state index is -0.0318. The van der Waals surface area contributed by atoms with Gasteiger partial charge in [-0.15, -0.1) is 11.3 Å². The SMILES string of the molecule is CCc1ccc(-c2csc(NC(=O)CSCCN)n2)cc1. The maximum atomic E-state index is 11.7. The average molecular weight is 321 g/mol. The Kier molecular flexibility index (Phi) is 6.22. The molecule has 1 amide bonds. The molecule has 1 aromatic heterocycles. The van der Waals surface area contributed by atoms with Crippen molar-refractivity contribution >= 4 is 34.1 Å². The molecule has 0 bridgehead atoms. The summed E-state index contributed by atoms with van der Waals surface area (Å²) in [5, 5.41) is 5.42. The Morgan fingerprint density at radius 2 is 2.14 bits per heavy atom. The quantitative estimate of drug-likeness (QED) is 0.769. The molecule has 21 heavy (non-hydrogen) atoms. The van der Waals surface area contributed by atoms with Crippen molar-refractivity contribution in [1.29, 1.82) is 0 Å². The van der Waals surface area contributed by atoms with E-state index in [4.69, 9.17) is 5.73 Å². The lowest BCUT2D eigenvalue weighted by Gasteiger charge is -2.01. The van der Waals surface area contributed by atoms with Gasteiger partial charge in [-0.3, -0.25) is 4.79 Å². The molecular weight excluding hydrogens is 302 g/mol. The standard InChI is InChI=1S/C15H19N3OS2/c1-2-11-3-5-12(6-4-11)13-9-21-15(17-13)18-14(19)10-20-8-7-16/h3-6,9H,2,7-8,10,16H2,1H3,(H,17,18,19). The van der Waals surface area contributed by atoms with E-state index >= 15 is 0 Å². The molecule has 1 aromatic carbocycles. The van der Waals surface area contributed by atoms with Crippen LogP contribution >= 0.6 is 23.1 Å². The molecule has 4 nitrogen and oxygen atoms in total. The maximum Gasteiger partial charge on any atom is 0.236 e. The molecule has 3 N–H and O–H groups in total. The lowest BCUT2D eigenvalue weighted by Crippen LogP contribution is -2.15. The molecule has 2 rings (SSSR count). The van der Waals surface area contributed by atoms with Gasteiger partial charge < -0.3 is 11.1 Å². The van der Waals surface area contributed by atoms with Crippen LogP contribution in [-0.2, 0) is 11.2 Å². The number of benzene rings is 1. The third-order valence-corrected chi connectivity index (χ3v) is 4.65. The highest BCUT2D eigenvalue weighted by molar-refractivity contribution is 7.99. The summed E-state index contributed by atoms with van der Waals surface area (Å²) in [4.78, 5) is 16.2. The minimum absolute atomic E-state index is 0.0318. The summed E-state index contributed by atoms with van der Waals surface area (Å²) in [5.74, 6) is 1.17. The smallest absolute Gasteiger partial charge is 0.236 e. The van der Waals surface area contributed by atoms with Crippen LogP contribution in [0.1, 0.15) is 12.5 Å². The first-order chi connectivity index (χ1) is 10.2. The fourth-order valence-electron chi connectivity index (χ4n) is 1.78. The molecule has 0 atom stereocenters. The normalized spacial score (nSPS) is 10.6. The van der Waals surface area contributed by atoms with Crippen LogP contribution < -0.4 is 11.1 Å². The zero-order valence-electron chi connectivity index (χ0n) is 12.0. The average Bonchev–Trinajstić information content (AvgIpc) is 2.96. The van der Waals surface area contributed by atoms with E-state index in [9.17, 15) is 4.79 Å². The van der Waals surface area contributed by atoms with Gasteiger partial charge in [0.2, 0.25) is 5.91 Å². The fraction of sp³-hybridized carbons (Fsp3) is 0.333. The molecule has 0 unspecified atom stereocenters. The van der Waals surface area contributed by atoms with Gasteiger partial charge in [0, 0.05) is 23.2 Å². The molecule has 2 aromatic rings. The zero-order chi connectivity index (χ0) is 15.1. The second-order valence-electron chi connectivity index (χ2n) is 4.48. The largest absolute Gasteiger partial charge is 0.330 e. The maximum absolute atomic E-state index is 11.7. The Hall–Kier alpha value is -1.37. The van der Waals surface area contributed by atoms with Gasteiger partial charge in [-0.2, -0.15) is 11.8 Å². The van der Waals surface area contributed by atoms with E-state index in [1.165, 1.54) is 28.7 Å². The van der Waals surface area contributed by atoms with E-state index in [2.05, 4.69) is 41.5 Å². The molecule has 1 heterocycles. The number of hydrogen-bond donors (Lipinski definition) is 2. The van der Waals surface area contributed by atoms with E-state index in [0.717, 1.165) is 23.4 Å². The van der Waals surface area contributed by atoms with E-state index in [0.29, 0.717) is 17.4 Å².